The number of likely N-dealkylation sites (tertiary alicyclic amines) is 1. The zero-order chi connectivity index (χ0) is 22.3. The van der Waals surface area contributed by atoms with E-state index in [1.54, 1.807) is 7.11 Å². The Labute approximate surface area is 188 Å². The van der Waals surface area contributed by atoms with Crippen LogP contribution in [0.2, 0.25) is 0 Å². The minimum atomic E-state index is -0.0548. The molecule has 2 aromatic carbocycles. The van der Waals surface area contributed by atoms with E-state index < -0.39 is 0 Å². The molecule has 0 spiro atoms. The lowest BCUT2D eigenvalue weighted by Gasteiger charge is -2.32. The molecule has 1 N–H and O–H groups in total. The molecule has 0 aliphatic carbocycles. The lowest BCUT2D eigenvalue weighted by atomic mass is 10.0. The molecule has 0 radical (unpaired) electrons. The Morgan fingerprint density at radius 3 is 2.41 bits per heavy atom. The van der Waals surface area contributed by atoms with Gasteiger partial charge in [0.2, 0.25) is 5.91 Å². The third-order valence-corrected chi connectivity index (χ3v) is 5.84. The van der Waals surface area contributed by atoms with Crippen LogP contribution in [0.5, 0.6) is 5.75 Å². The molecule has 6 heteroatoms. The molecule has 1 saturated heterocycles. The minimum absolute atomic E-state index is 0.0548. The topological polar surface area (TPSA) is 71.8 Å². The number of rotatable bonds is 7. The van der Waals surface area contributed by atoms with Crippen LogP contribution in [0.1, 0.15) is 35.4 Å². The highest BCUT2D eigenvalue weighted by atomic mass is 16.5. The van der Waals surface area contributed by atoms with Gasteiger partial charge in [-0.05, 0) is 61.4 Å². The summed E-state index contributed by atoms with van der Waals surface area (Å²) in [6, 6.07) is 20.9. The van der Waals surface area contributed by atoms with E-state index in [9.17, 15) is 9.59 Å². The number of aryl methyl sites for hydroxylation is 1. The standard InChI is InChI=1S/C26H28N2O4/c1-31-22-9-7-19(8-10-22)24-13-11-23(32-24)12-14-25(29)28-17-15-21(16-18-28)27-26(30)20-5-3-2-4-6-20/h2-11,13,21H,12,14-18H2,1H3,(H,27,30). The van der Waals surface area contributed by atoms with Crippen molar-refractivity contribution < 1.29 is 18.7 Å². The fraction of sp³-hybridized carbons (Fsp3) is 0.308. The molecule has 0 unspecified atom stereocenters. The van der Waals surface area contributed by atoms with Crippen molar-refractivity contribution in [2.24, 2.45) is 0 Å². The highest BCUT2D eigenvalue weighted by molar-refractivity contribution is 5.94. The second-order valence-corrected chi connectivity index (χ2v) is 7.99. The van der Waals surface area contributed by atoms with Crippen LogP contribution in [0.25, 0.3) is 11.3 Å². The third kappa shape index (κ3) is 5.38. The Morgan fingerprint density at radius 1 is 1.00 bits per heavy atom. The van der Waals surface area contributed by atoms with Crippen LogP contribution in [0.15, 0.2) is 71.1 Å². The number of hydrogen-bond acceptors (Lipinski definition) is 4. The SMILES string of the molecule is COc1ccc(-c2ccc(CCC(=O)N3CCC(NC(=O)c4ccccc4)CC3)o2)cc1. The average molecular weight is 433 g/mol. The van der Waals surface area contributed by atoms with Gasteiger partial charge in [0.15, 0.2) is 0 Å². The highest BCUT2D eigenvalue weighted by Gasteiger charge is 2.24. The number of carbonyl (C=O) groups is 2. The summed E-state index contributed by atoms with van der Waals surface area (Å²) in [7, 11) is 1.64. The van der Waals surface area contributed by atoms with Crippen LogP contribution in [-0.4, -0.2) is 43.0 Å². The summed E-state index contributed by atoms with van der Waals surface area (Å²) >= 11 is 0. The number of nitrogens with one attached hydrogen (secondary N) is 1. The molecule has 0 bridgehead atoms. The van der Waals surface area contributed by atoms with Gasteiger partial charge in [0.1, 0.15) is 17.3 Å². The van der Waals surface area contributed by atoms with Crippen molar-refractivity contribution in [3.8, 4) is 17.1 Å². The first-order valence-electron chi connectivity index (χ1n) is 11.0. The summed E-state index contributed by atoms with van der Waals surface area (Å²) in [4.78, 5) is 26.9. The number of carbonyl (C=O) groups excluding carboxylic acids is 2. The van der Waals surface area contributed by atoms with E-state index in [2.05, 4.69) is 5.32 Å². The van der Waals surface area contributed by atoms with Gasteiger partial charge in [-0.2, -0.15) is 0 Å². The fourth-order valence-electron chi connectivity index (χ4n) is 3.94. The number of amides is 2. The number of furan rings is 1. The quantitative estimate of drug-likeness (QED) is 0.604. The van der Waals surface area contributed by atoms with Gasteiger partial charge >= 0.3 is 0 Å². The summed E-state index contributed by atoms with van der Waals surface area (Å²) in [5.41, 5.74) is 1.64. The lowest BCUT2D eigenvalue weighted by molar-refractivity contribution is -0.132. The highest BCUT2D eigenvalue weighted by Crippen LogP contribution is 2.25. The van der Waals surface area contributed by atoms with E-state index in [0.717, 1.165) is 35.7 Å². The summed E-state index contributed by atoms with van der Waals surface area (Å²) in [5.74, 6) is 2.45. The Bertz CT molecular complexity index is 1040. The summed E-state index contributed by atoms with van der Waals surface area (Å²) in [5, 5.41) is 3.08. The van der Waals surface area contributed by atoms with E-state index in [4.69, 9.17) is 9.15 Å². The zero-order valence-electron chi connectivity index (χ0n) is 18.3. The van der Waals surface area contributed by atoms with Crippen molar-refractivity contribution in [3.05, 3.63) is 78.1 Å². The molecule has 1 aliphatic heterocycles. The number of ether oxygens (including phenoxy) is 1. The smallest absolute Gasteiger partial charge is 0.251 e. The van der Waals surface area contributed by atoms with Crippen molar-refractivity contribution in [2.75, 3.05) is 20.2 Å². The summed E-state index contributed by atoms with van der Waals surface area (Å²) in [6.45, 7) is 1.32. The summed E-state index contributed by atoms with van der Waals surface area (Å²) < 4.78 is 11.1. The maximum absolute atomic E-state index is 12.7. The van der Waals surface area contributed by atoms with Crippen LogP contribution < -0.4 is 10.1 Å². The predicted molar refractivity (Wildman–Crippen MR) is 123 cm³/mol. The van der Waals surface area contributed by atoms with Gasteiger partial charge in [0, 0.05) is 43.1 Å². The average Bonchev–Trinajstić information content (AvgIpc) is 3.32. The van der Waals surface area contributed by atoms with Crippen LogP contribution >= 0.6 is 0 Å². The van der Waals surface area contributed by atoms with Crippen molar-refractivity contribution in [1.82, 2.24) is 10.2 Å². The maximum Gasteiger partial charge on any atom is 0.251 e. The molecule has 3 aromatic rings. The van der Waals surface area contributed by atoms with Crippen LogP contribution in [0.4, 0.5) is 0 Å². The van der Waals surface area contributed by atoms with E-state index in [1.807, 2.05) is 71.6 Å². The second kappa shape index (κ2) is 10.2. The van der Waals surface area contributed by atoms with Crippen molar-refractivity contribution >= 4 is 11.8 Å². The Kier molecular flexibility index (Phi) is 6.90. The zero-order valence-corrected chi connectivity index (χ0v) is 18.3. The molecule has 32 heavy (non-hydrogen) atoms. The third-order valence-electron chi connectivity index (χ3n) is 5.84. The van der Waals surface area contributed by atoms with Crippen molar-refractivity contribution in [1.29, 1.82) is 0 Å². The molecule has 4 rings (SSSR count). The number of piperidine rings is 1. The van der Waals surface area contributed by atoms with E-state index in [1.165, 1.54) is 0 Å². The molecule has 2 heterocycles. The van der Waals surface area contributed by atoms with Gasteiger partial charge in [-0.3, -0.25) is 9.59 Å². The van der Waals surface area contributed by atoms with E-state index >= 15 is 0 Å². The molecule has 1 aliphatic rings. The molecule has 6 nitrogen and oxygen atoms in total. The maximum atomic E-state index is 12.7. The van der Waals surface area contributed by atoms with E-state index in [-0.39, 0.29) is 17.9 Å². The van der Waals surface area contributed by atoms with Crippen LogP contribution in [0.3, 0.4) is 0 Å². The summed E-state index contributed by atoms with van der Waals surface area (Å²) in [6.07, 6.45) is 2.52. The van der Waals surface area contributed by atoms with Crippen molar-refractivity contribution in [3.63, 3.8) is 0 Å². The molecule has 166 valence electrons. The lowest BCUT2D eigenvalue weighted by Crippen LogP contribution is -2.46. The van der Waals surface area contributed by atoms with Crippen molar-refractivity contribution in [2.45, 2.75) is 31.7 Å². The first kappa shape index (κ1) is 21.7. The molecular formula is C26H28N2O4. The Morgan fingerprint density at radius 2 is 1.72 bits per heavy atom. The Balaban J connectivity index is 1.22. The van der Waals surface area contributed by atoms with E-state index in [0.29, 0.717) is 31.5 Å². The number of nitrogens with zero attached hydrogens (tertiary/aromatic N) is 1. The first-order valence-corrected chi connectivity index (χ1v) is 11.0. The molecule has 1 fully saturated rings. The molecule has 1 aromatic heterocycles. The van der Waals surface area contributed by atoms with Gasteiger partial charge in [-0.25, -0.2) is 0 Å². The van der Waals surface area contributed by atoms with Gasteiger partial charge in [0.05, 0.1) is 7.11 Å². The largest absolute Gasteiger partial charge is 0.497 e. The monoisotopic (exact) mass is 432 g/mol. The predicted octanol–water partition coefficient (Wildman–Crippen LogP) is 4.31. The van der Waals surface area contributed by atoms with Gasteiger partial charge < -0.3 is 19.4 Å². The van der Waals surface area contributed by atoms with Gasteiger partial charge in [-0.15, -0.1) is 0 Å². The molecule has 0 saturated carbocycles. The van der Waals surface area contributed by atoms with Gasteiger partial charge in [-0.1, -0.05) is 18.2 Å². The minimum Gasteiger partial charge on any atom is -0.497 e. The van der Waals surface area contributed by atoms with Crippen LogP contribution in [0, 0.1) is 0 Å². The number of benzene rings is 2. The number of methoxy groups -OCH3 is 1. The number of hydrogen-bond donors (Lipinski definition) is 1. The molecular weight excluding hydrogens is 404 g/mol. The van der Waals surface area contributed by atoms with Crippen LogP contribution in [-0.2, 0) is 11.2 Å². The fourth-order valence-corrected chi connectivity index (χ4v) is 3.94. The molecule has 0 atom stereocenters. The second-order valence-electron chi connectivity index (χ2n) is 7.99. The normalized spacial score (nSPS) is 14.2. The van der Waals surface area contributed by atoms with Gasteiger partial charge in [0.25, 0.3) is 5.91 Å². The Hall–Kier alpha value is -3.54. The molecule has 2 amide bonds. The first-order chi connectivity index (χ1) is 15.6.